The second kappa shape index (κ2) is 2.41. The summed E-state index contributed by atoms with van der Waals surface area (Å²) in [6, 6.07) is 0. The van der Waals surface area contributed by atoms with E-state index in [1.165, 1.54) is 0 Å². The molecule has 5 heteroatoms. The number of carbonyl (C=O) groups is 1. The number of aliphatic hydroxyl groups is 1. The molecule has 1 heterocycles. The van der Waals surface area contributed by atoms with Crippen LogP contribution in [-0.2, 0) is 4.79 Å². The van der Waals surface area contributed by atoms with Crippen LogP contribution < -0.4 is 0 Å². The Kier molecular flexibility index (Phi) is 1.83. The van der Waals surface area contributed by atoms with Crippen molar-refractivity contribution in [2.75, 3.05) is 13.1 Å². The maximum Gasteiger partial charge on any atom is 0.322 e. The van der Waals surface area contributed by atoms with Crippen LogP contribution in [0.2, 0.25) is 0 Å². The van der Waals surface area contributed by atoms with E-state index < -0.39 is 17.9 Å². The van der Waals surface area contributed by atoms with Gasteiger partial charge in [-0.3, -0.25) is 4.79 Å². The van der Waals surface area contributed by atoms with Crippen LogP contribution in [0.3, 0.4) is 0 Å². The Balaban J connectivity index is 2.45. The average Bonchev–Trinajstić information content (AvgIpc) is 1.77. The van der Waals surface area contributed by atoms with E-state index in [-0.39, 0.29) is 13.1 Å². The molecular formula is C6H9F2NO2. The van der Waals surface area contributed by atoms with Crippen molar-refractivity contribution in [2.24, 2.45) is 0 Å². The Hall–Kier alpha value is -0.710. The van der Waals surface area contributed by atoms with Crippen molar-refractivity contribution in [3.05, 3.63) is 0 Å². The Morgan fingerprint density at radius 2 is 2.09 bits per heavy atom. The number of amides is 1. The number of alkyl halides is 2. The highest BCUT2D eigenvalue weighted by atomic mass is 19.3. The van der Waals surface area contributed by atoms with Gasteiger partial charge < -0.3 is 10.0 Å². The van der Waals surface area contributed by atoms with Gasteiger partial charge in [-0.1, -0.05) is 0 Å². The standard InChI is InChI=1S/C6H9F2NO2/c1-6(7,8)5(11)9-2-4(10)3-9/h4,10H,2-3H2,1H3. The van der Waals surface area contributed by atoms with E-state index in [9.17, 15) is 13.6 Å². The molecule has 0 atom stereocenters. The fourth-order valence-corrected chi connectivity index (χ4v) is 0.899. The molecule has 0 aliphatic carbocycles. The molecule has 1 N–H and O–H groups in total. The minimum atomic E-state index is -3.31. The summed E-state index contributed by atoms with van der Waals surface area (Å²) in [6.07, 6.45) is -0.624. The van der Waals surface area contributed by atoms with Crippen LogP contribution in [-0.4, -0.2) is 41.0 Å². The molecule has 1 amide bonds. The monoisotopic (exact) mass is 165 g/mol. The van der Waals surface area contributed by atoms with Gasteiger partial charge in [0, 0.05) is 20.0 Å². The number of aliphatic hydroxyl groups excluding tert-OH is 1. The van der Waals surface area contributed by atoms with Gasteiger partial charge in [-0.2, -0.15) is 8.78 Å². The van der Waals surface area contributed by atoms with Crippen molar-refractivity contribution >= 4 is 5.91 Å². The van der Waals surface area contributed by atoms with Gasteiger partial charge in [0.15, 0.2) is 0 Å². The van der Waals surface area contributed by atoms with Crippen LogP contribution in [0.15, 0.2) is 0 Å². The van der Waals surface area contributed by atoms with Crippen LogP contribution >= 0.6 is 0 Å². The second-order valence-corrected chi connectivity index (χ2v) is 2.75. The molecular weight excluding hydrogens is 156 g/mol. The third-order valence-corrected chi connectivity index (χ3v) is 1.53. The highest BCUT2D eigenvalue weighted by Gasteiger charge is 2.41. The second-order valence-electron chi connectivity index (χ2n) is 2.75. The van der Waals surface area contributed by atoms with E-state index >= 15 is 0 Å². The number of rotatable bonds is 1. The summed E-state index contributed by atoms with van der Waals surface area (Å²) < 4.78 is 24.5. The number of β-amino-alcohol motifs (C(OH)–C–C–N with tert-alkyl or cyclic N) is 1. The summed E-state index contributed by atoms with van der Waals surface area (Å²) in [6.45, 7) is 0.616. The van der Waals surface area contributed by atoms with Gasteiger partial charge in [-0.15, -0.1) is 0 Å². The van der Waals surface area contributed by atoms with Crippen molar-refractivity contribution in [3.8, 4) is 0 Å². The average molecular weight is 165 g/mol. The van der Waals surface area contributed by atoms with Crippen LogP contribution in [0.5, 0.6) is 0 Å². The van der Waals surface area contributed by atoms with Crippen molar-refractivity contribution < 1.29 is 18.7 Å². The molecule has 64 valence electrons. The molecule has 0 spiro atoms. The van der Waals surface area contributed by atoms with E-state index in [0.29, 0.717) is 6.92 Å². The van der Waals surface area contributed by atoms with Gasteiger partial charge in [0.05, 0.1) is 6.10 Å². The number of carbonyl (C=O) groups excluding carboxylic acids is 1. The predicted octanol–water partition coefficient (Wildman–Crippen LogP) is -0.155. The van der Waals surface area contributed by atoms with Crippen molar-refractivity contribution in [1.82, 2.24) is 4.90 Å². The fourth-order valence-electron chi connectivity index (χ4n) is 0.899. The lowest BCUT2D eigenvalue weighted by Crippen LogP contribution is -2.57. The fraction of sp³-hybridized carbons (Fsp3) is 0.833. The first-order valence-electron chi connectivity index (χ1n) is 3.26. The molecule has 1 aliphatic heterocycles. The molecule has 1 fully saturated rings. The molecule has 1 aliphatic rings. The molecule has 0 aromatic carbocycles. The van der Waals surface area contributed by atoms with E-state index in [1.54, 1.807) is 0 Å². The molecule has 0 saturated carbocycles. The SMILES string of the molecule is CC(F)(F)C(=O)N1CC(O)C1. The van der Waals surface area contributed by atoms with Gasteiger partial charge in [-0.05, 0) is 0 Å². The van der Waals surface area contributed by atoms with Gasteiger partial charge in [0.25, 0.3) is 5.91 Å². The Labute approximate surface area is 62.6 Å². The highest BCUT2D eigenvalue weighted by molar-refractivity contribution is 5.83. The molecule has 0 bridgehead atoms. The van der Waals surface area contributed by atoms with E-state index in [4.69, 9.17) is 5.11 Å². The van der Waals surface area contributed by atoms with Gasteiger partial charge in [-0.25, -0.2) is 0 Å². The lowest BCUT2D eigenvalue weighted by Gasteiger charge is -2.37. The van der Waals surface area contributed by atoms with Crippen LogP contribution in [0.1, 0.15) is 6.92 Å². The molecule has 1 saturated heterocycles. The molecule has 0 aromatic heterocycles. The summed E-state index contributed by atoms with van der Waals surface area (Å²) in [5, 5.41) is 8.69. The summed E-state index contributed by atoms with van der Waals surface area (Å²) in [4.78, 5) is 11.6. The highest BCUT2D eigenvalue weighted by Crippen LogP contribution is 2.19. The zero-order valence-corrected chi connectivity index (χ0v) is 6.05. The number of hydrogen-bond acceptors (Lipinski definition) is 2. The third kappa shape index (κ3) is 1.65. The van der Waals surface area contributed by atoms with Crippen molar-refractivity contribution in [3.63, 3.8) is 0 Å². The Morgan fingerprint density at radius 3 is 2.36 bits per heavy atom. The lowest BCUT2D eigenvalue weighted by atomic mass is 10.1. The van der Waals surface area contributed by atoms with Gasteiger partial charge in [0.2, 0.25) is 0 Å². The summed E-state index contributed by atoms with van der Waals surface area (Å²) in [7, 11) is 0. The number of nitrogens with zero attached hydrogens (tertiary/aromatic N) is 1. The zero-order chi connectivity index (χ0) is 8.65. The molecule has 3 nitrogen and oxygen atoms in total. The van der Waals surface area contributed by atoms with E-state index in [2.05, 4.69) is 0 Å². The van der Waals surface area contributed by atoms with Gasteiger partial charge >= 0.3 is 5.92 Å². The molecule has 0 unspecified atom stereocenters. The first-order chi connectivity index (χ1) is 4.91. The molecule has 11 heavy (non-hydrogen) atoms. The largest absolute Gasteiger partial charge is 0.389 e. The first kappa shape index (κ1) is 8.39. The maximum atomic E-state index is 12.2. The third-order valence-electron chi connectivity index (χ3n) is 1.53. The van der Waals surface area contributed by atoms with E-state index in [1.807, 2.05) is 0 Å². The van der Waals surface area contributed by atoms with Crippen LogP contribution in [0, 0.1) is 0 Å². The van der Waals surface area contributed by atoms with Crippen LogP contribution in [0.4, 0.5) is 8.78 Å². The first-order valence-corrected chi connectivity index (χ1v) is 3.26. The number of hydrogen-bond donors (Lipinski definition) is 1. The van der Waals surface area contributed by atoms with E-state index in [0.717, 1.165) is 4.90 Å². The minimum absolute atomic E-state index is 0.0300. The minimum Gasteiger partial charge on any atom is -0.389 e. The lowest BCUT2D eigenvalue weighted by molar-refractivity contribution is -0.165. The van der Waals surface area contributed by atoms with Gasteiger partial charge in [0.1, 0.15) is 0 Å². The summed E-state index contributed by atoms with van der Waals surface area (Å²) in [5.74, 6) is -4.51. The maximum absolute atomic E-state index is 12.2. The smallest absolute Gasteiger partial charge is 0.322 e. The van der Waals surface area contributed by atoms with Crippen LogP contribution in [0.25, 0.3) is 0 Å². The zero-order valence-electron chi connectivity index (χ0n) is 6.05. The molecule has 0 aromatic rings. The quantitative estimate of drug-likeness (QED) is 0.586. The Morgan fingerprint density at radius 1 is 1.64 bits per heavy atom. The molecule has 1 rings (SSSR count). The topological polar surface area (TPSA) is 40.5 Å². The van der Waals surface area contributed by atoms with Crippen molar-refractivity contribution in [2.45, 2.75) is 19.0 Å². The predicted molar refractivity (Wildman–Crippen MR) is 33.2 cm³/mol. The Bertz CT molecular complexity index is 172. The normalized spacial score (nSPS) is 19.8. The van der Waals surface area contributed by atoms with Crippen molar-refractivity contribution in [1.29, 1.82) is 0 Å². The number of halogens is 2. The molecule has 0 radical (unpaired) electrons. The summed E-state index contributed by atoms with van der Waals surface area (Å²) >= 11 is 0. The number of likely N-dealkylation sites (tertiary alicyclic amines) is 1. The summed E-state index contributed by atoms with van der Waals surface area (Å²) in [5.41, 5.74) is 0.